The van der Waals surface area contributed by atoms with E-state index in [1.165, 1.54) is 0 Å². The third-order valence-corrected chi connectivity index (χ3v) is 4.49. The third kappa shape index (κ3) is 4.05. The van der Waals surface area contributed by atoms with Crippen molar-refractivity contribution in [1.29, 1.82) is 5.26 Å². The van der Waals surface area contributed by atoms with Crippen LogP contribution in [0.1, 0.15) is 24.0 Å². The van der Waals surface area contributed by atoms with Crippen molar-refractivity contribution in [1.82, 2.24) is 10.2 Å². The molecular formula is C18H24N4O2. The zero-order chi connectivity index (χ0) is 16.8. The Morgan fingerprint density at radius 1 is 1.38 bits per heavy atom. The summed E-state index contributed by atoms with van der Waals surface area (Å²) < 4.78 is 11.7. The molecule has 2 aliphatic rings. The van der Waals surface area contributed by atoms with Crippen LogP contribution in [-0.4, -0.2) is 56.4 Å². The van der Waals surface area contributed by atoms with E-state index < -0.39 is 0 Å². The largest absolute Gasteiger partial charge is 0.375 e. The minimum atomic E-state index is 0.113. The molecule has 0 aromatic heterocycles. The van der Waals surface area contributed by atoms with Gasteiger partial charge in [-0.1, -0.05) is 12.1 Å². The lowest BCUT2D eigenvalue weighted by atomic mass is 10.1. The third-order valence-electron chi connectivity index (χ3n) is 4.49. The average Bonchev–Trinajstić information content (AvgIpc) is 3.17. The molecule has 24 heavy (non-hydrogen) atoms. The molecule has 0 radical (unpaired) electrons. The maximum atomic E-state index is 8.99. The van der Waals surface area contributed by atoms with Crippen LogP contribution in [0.15, 0.2) is 29.3 Å². The zero-order valence-electron chi connectivity index (χ0n) is 14.1. The van der Waals surface area contributed by atoms with E-state index in [-0.39, 0.29) is 12.2 Å². The molecule has 2 aliphatic heterocycles. The molecule has 0 saturated carbocycles. The fourth-order valence-corrected chi connectivity index (χ4v) is 3.25. The van der Waals surface area contributed by atoms with E-state index in [1.807, 2.05) is 24.3 Å². The van der Waals surface area contributed by atoms with Crippen molar-refractivity contribution in [3.63, 3.8) is 0 Å². The van der Waals surface area contributed by atoms with Crippen LogP contribution < -0.4 is 5.32 Å². The van der Waals surface area contributed by atoms with Gasteiger partial charge in [-0.05, 0) is 30.5 Å². The summed E-state index contributed by atoms with van der Waals surface area (Å²) in [5.74, 6) is 0.864. The Labute approximate surface area is 143 Å². The number of nitrogens with one attached hydrogen (secondary N) is 1. The number of rotatable bonds is 3. The average molecular weight is 328 g/mol. The molecule has 3 rings (SSSR count). The lowest BCUT2D eigenvalue weighted by Crippen LogP contribution is -2.53. The van der Waals surface area contributed by atoms with Gasteiger partial charge in [-0.25, -0.2) is 0 Å². The van der Waals surface area contributed by atoms with Gasteiger partial charge < -0.3 is 19.7 Å². The molecule has 2 saturated heterocycles. The zero-order valence-corrected chi connectivity index (χ0v) is 14.1. The van der Waals surface area contributed by atoms with Gasteiger partial charge in [-0.2, -0.15) is 5.26 Å². The first-order valence-corrected chi connectivity index (χ1v) is 8.48. The van der Waals surface area contributed by atoms with Gasteiger partial charge in [0.1, 0.15) is 6.10 Å². The van der Waals surface area contributed by atoms with Crippen LogP contribution in [0, 0.1) is 11.3 Å². The first-order chi connectivity index (χ1) is 11.8. The summed E-state index contributed by atoms with van der Waals surface area (Å²) in [4.78, 5) is 6.63. The Morgan fingerprint density at radius 2 is 2.25 bits per heavy atom. The predicted octanol–water partition coefficient (Wildman–Crippen LogP) is 1.51. The predicted molar refractivity (Wildman–Crippen MR) is 91.6 cm³/mol. The number of benzene rings is 1. The highest BCUT2D eigenvalue weighted by molar-refractivity contribution is 5.80. The molecule has 6 nitrogen and oxygen atoms in total. The lowest BCUT2D eigenvalue weighted by molar-refractivity contribution is -0.0817. The van der Waals surface area contributed by atoms with E-state index in [0.29, 0.717) is 18.7 Å². The van der Waals surface area contributed by atoms with Crippen molar-refractivity contribution in [2.45, 2.75) is 31.6 Å². The van der Waals surface area contributed by atoms with Gasteiger partial charge in [0.15, 0.2) is 5.96 Å². The molecule has 2 unspecified atom stereocenters. The van der Waals surface area contributed by atoms with E-state index in [4.69, 9.17) is 14.7 Å². The van der Waals surface area contributed by atoms with E-state index in [1.54, 1.807) is 7.05 Å². The van der Waals surface area contributed by atoms with Gasteiger partial charge in [-0.3, -0.25) is 4.99 Å². The summed E-state index contributed by atoms with van der Waals surface area (Å²) in [7, 11) is 1.80. The molecular weight excluding hydrogens is 304 g/mol. The van der Waals surface area contributed by atoms with Crippen molar-refractivity contribution in [2.75, 3.05) is 33.4 Å². The molecule has 0 amide bonds. The molecule has 0 aliphatic carbocycles. The number of hydrogen-bond donors (Lipinski definition) is 1. The summed E-state index contributed by atoms with van der Waals surface area (Å²) in [6.07, 6.45) is 2.51. The maximum Gasteiger partial charge on any atom is 0.194 e. The molecule has 2 fully saturated rings. The standard InChI is InChI=1S/C18H24N4O2/c1-20-18(21-12-15-5-2-4-14(10-15)11-19)22-7-9-24-17(13-22)16-6-3-8-23-16/h2,4-5,10,16-17H,3,6-9,12-13H2,1H3,(H,20,21). The maximum absolute atomic E-state index is 8.99. The Kier molecular flexibility index (Phi) is 5.68. The van der Waals surface area contributed by atoms with Crippen LogP contribution in [0.4, 0.5) is 0 Å². The van der Waals surface area contributed by atoms with E-state index in [9.17, 15) is 0 Å². The SMILES string of the molecule is CN=C(NCc1cccc(C#N)c1)N1CCOC(C2CCCO2)C1. The van der Waals surface area contributed by atoms with Gasteiger partial charge in [0.05, 0.1) is 24.3 Å². The molecule has 1 N–H and O–H groups in total. The van der Waals surface area contributed by atoms with Crippen molar-refractivity contribution >= 4 is 5.96 Å². The number of nitriles is 1. The minimum Gasteiger partial charge on any atom is -0.375 e. The molecule has 1 aromatic rings. The van der Waals surface area contributed by atoms with Crippen molar-refractivity contribution in [3.05, 3.63) is 35.4 Å². The van der Waals surface area contributed by atoms with Gasteiger partial charge in [0, 0.05) is 33.3 Å². The number of nitrogens with zero attached hydrogens (tertiary/aromatic N) is 3. The second-order valence-corrected chi connectivity index (χ2v) is 6.12. The minimum absolute atomic E-state index is 0.113. The summed E-state index contributed by atoms with van der Waals surface area (Å²) in [5, 5.41) is 12.4. The summed E-state index contributed by atoms with van der Waals surface area (Å²) >= 11 is 0. The Balaban J connectivity index is 1.58. The molecule has 6 heteroatoms. The normalized spacial score (nSPS) is 24.7. The van der Waals surface area contributed by atoms with Gasteiger partial charge in [0.25, 0.3) is 0 Å². The van der Waals surface area contributed by atoms with Crippen LogP contribution >= 0.6 is 0 Å². The molecule has 2 atom stereocenters. The van der Waals surface area contributed by atoms with Crippen molar-refractivity contribution in [2.24, 2.45) is 4.99 Å². The Morgan fingerprint density at radius 3 is 3.00 bits per heavy atom. The number of morpholine rings is 1. The molecule has 0 bridgehead atoms. The Bertz CT molecular complexity index is 620. The highest BCUT2D eigenvalue weighted by atomic mass is 16.5. The second kappa shape index (κ2) is 8.13. The first kappa shape index (κ1) is 16.7. The fourth-order valence-electron chi connectivity index (χ4n) is 3.25. The number of guanidine groups is 1. The van der Waals surface area contributed by atoms with Crippen LogP contribution in [0.5, 0.6) is 0 Å². The van der Waals surface area contributed by atoms with Gasteiger partial charge in [-0.15, -0.1) is 0 Å². The van der Waals surface area contributed by atoms with Crippen molar-refractivity contribution in [3.8, 4) is 6.07 Å². The summed E-state index contributed by atoms with van der Waals surface area (Å²) in [6.45, 7) is 3.79. The number of hydrogen-bond acceptors (Lipinski definition) is 4. The van der Waals surface area contributed by atoms with Gasteiger partial charge >= 0.3 is 0 Å². The topological polar surface area (TPSA) is 69.9 Å². The number of ether oxygens (including phenoxy) is 2. The quantitative estimate of drug-likeness (QED) is 0.673. The molecule has 2 heterocycles. The second-order valence-electron chi connectivity index (χ2n) is 6.12. The molecule has 0 spiro atoms. The monoisotopic (exact) mass is 328 g/mol. The highest BCUT2D eigenvalue weighted by Crippen LogP contribution is 2.21. The Hall–Kier alpha value is -2.10. The van der Waals surface area contributed by atoms with Gasteiger partial charge in [0.2, 0.25) is 0 Å². The summed E-state index contributed by atoms with van der Waals surface area (Å²) in [6, 6.07) is 9.79. The smallest absolute Gasteiger partial charge is 0.194 e. The fraction of sp³-hybridized carbons (Fsp3) is 0.556. The first-order valence-electron chi connectivity index (χ1n) is 8.48. The van der Waals surface area contributed by atoms with Crippen LogP contribution in [-0.2, 0) is 16.0 Å². The molecule has 128 valence electrons. The lowest BCUT2D eigenvalue weighted by Gasteiger charge is -2.37. The highest BCUT2D eigenvalue weighted by Gasteiger charge is 2.32. The van der Waals surface area contributed by atoms with E-state index in [2.05, 4.69) is 21.3 Å². The molecule has 1 aromatic carbocycles. The van der Waals surface area contributed by atoms with E-state index in [0.717, 1.165) is 44.1 Å². The van der Waals surface area contributed by atoms with Crippen LogP contribution in [0.2, 0.25) is 0 Å². The summed E-state index contributed by atoms with van der Waals surface area (Å²) in [5.41, 5.74) is 1.74. The number of aliphatic imine (C=N–C) groups is 1. The van der Waals surface area contributed by atoms with Crippen LogP contribution in [0.3, 0.4) is 0 Å². The van der Waals surface area contributed by atoms with Crippen molar-refractivity contribution < 1.29 is 9.47 Å². The van der Waals surface area contributed by atoms with E-state index >= 15 is 0 Å². The van der Waals surface area contributed by atoms with Crippen LogP contribution in [0.25, 0.3) is 0 Å².